The number of aryl methyl sites for hydroxylation is 1. The first kappa shape index (κ1) is 13.3. The number of rotatable bonds is 5. The number of sulfonamides is 1. The highest BCUT2D eigenvalue weighted by Crippen LogP contribution is 2.19. The molecule has 0 aliphatic heterocycles. The van der Waals surface area contributed by atoms with E-state index in [2.05, 4.69) is 4.72 Å². The van der Waals surface area contributed by atoms with Gasteiger partial charge < -0.3 is 10.2 Å². The van der Waals surface area contributed by atoms with Gasteiger partial charge in [-0.25, -0.2) is 13.1 Å². The molecule has 0 radical (unpaired) electrons. The number of thiophene rings is 1. The van der Waals surface area contributed by atoms with Gasteiger partial charge in [0, 0.05) is 16.8 Å². The van der Waals surface area contributed by atoms with Crippen molar-refractivity contribution in [2.75, 3.05) is 0 Å². The Labute approximate surface area is 110 Å². The molecule has 0 fully saturated rings. The van der Waals surface area contributed by atoms with Crippen LogP contribution in [0, 0.1) is 6.92 Å². The smallest absolute Gasteiger partial charge is 0.241 e. The second-order valence-corrected chi connectivity index (χ2v) is 6.55. The van der Waals surface area contributed by atoms with Gasteiger partial charge in [0.25, 0.3) is 0 Å². The molecule has 0 atom stereocenters. The van der Waals surface area contributed by atoms with Gasteiger partial charge in [0.15, 0.2) is 0 Å². The molecule has 0 aromatic carbocycles. The van der Waals surface area contributed by atoms with Crippen LogP contribution in [0.3, 0.4) is 0 Å². The number of hydrogen-bond donors (Lipinski definition) is 2. The SMILES string of the molecule is Cc1ccc(CNS(=O)(=O)c2csc(CN)c2)o1. The summed E-state index contributed by atoms with van der Waals surface area (Å²) >= 11 is 1.33. The summed E-state index contributed by atoms with van der Waals surface area (Å²) in [6, 6.07) is 5.12. The van der Waals surface area contributed by atoms with Crippen LogP contribution in [0.25, 0.3) is 0 Å². The van der Waals surface area contributed by atoms with E-state index in [-0.39, 0.29) is 11.4 Å². The normalized spacial score (nSPS) is 11.9. The number of hydrogen-bond acceptors (Lipinski definition) is 5. The zero-order valence-corrected chi connectivity index (χ0v) is 11.5. The lowest BCUT2D eigenvalue weighted by Crippen LogP contribution is -2.22. The Bertz CT molecular complexity index is 628. The fourth-order valence-corrected chi connectivity index (χ4v) is 3.59. The molecule has 0 unspecified atom stereocenters. The standard InChI is InChI=1S/C11H14N2O3S2/c1-8-2-3-9(16-8)6-13-18(14,15)11-4-10(5-12)17-7-11/h2-4,7,13H,5-6,12H2,1H3. The van der Waals surface area contributed by atoms with Crippen LogP contribution < -0.4 is 10.5 Å². The fourth-order valence-electron chi connectivity index (χ4n) is 1.44. The summed E-state index contributed by atoms with van der Waals surface area (Å²) in [7, 11) is -3.49. The summed E-state index contributed by atoms with van der Waals surface area (Å²) in [6.07, 6.45) is 0. The molecule has 0 saturated heterocycles. The molecule has 98 valence electrons. The van der Waals surface area contributed by atoms with Gasteiger partial charge in [0.05, 0.1) is 11.4 Å². The Morgan fingerprint density at radius 2 is 2.22 bits per heavy atom. The lowest BCUT2D eigenvalue weighted by atomic mass is 10.4. The Kier molecular flexibility index (Phi) is 3.86. The number of nitrogens with two attached hydrogens (primary N) is 1. The maximum absolute atomic E-state index is 12.0. The van der Waals surface area contributed by atoms with Gasteiger partial charge in [0.2, 0.25) is 10.0 Å². The largest absolute Gasteiger partial charge is 0.465 e. The maximum atomic E-state index is 12.0. The first-order valence-electron chi connectivity index (χ1n) is 5.34. The van der Waals surface area contributed by atoms with Gasteiger partial charge >= 0.3 is 0 Å². The number of furan rings is 1. The Hall–Kier alpha value is -1.15. The predicted molar refractivity (Wildman–Crippen MR) is 69.7 cm³/mol. The molecule has 2 rings (SSSR count). The van der Waals surface area contributed by atoms with Crippen LogP contribution in [0.4, 0.5) is 0 Å². The van der Waals surface area contributed by atoms with E-state index in [4.69, 9.17) is 10.2 Å². The van der Waals surface area contributed by atoms with Crippen LogP contribution in [0.5, 0.6) is 0 Å². The zero-order valence-electron chi connectivity index (χ0n) is 9.84. The highest BCUT2D eigenvalue weighted by atomic mass is 32.2. The third-order valence-corrected chi connectivity index (χ3v) is 4.86. The van der Waals surface area contributed by atoms with Gasteiger partial charge in [-0.2, -0.15) is 0 Å². The van der Waals surface area contributed by atoms with Crippen molar-refractivity contribution in [3.05, 3.63) is 40.0 Å². The van der Waals surface area contributed by atoms with Gasteiger partial charge in [-0.05, 0) is 25.1 Å². The second-order valence-electron chi connectivity index (χ2n) is 3.79. The van der Waals surface area contributed by atoms with Crippen molar-refractivity contribution in [3.63, 3.8) is 0 Å². The Balaban J connectivity index is 2.07. The van der Waals surface area contributed by atoms with E-state index in [1.807, 2.05) is 6.92 Å². The Morgan fingerprint density at radius 1 is 1.44 bits per heavy atom. The van der Waals surface area contributed by atoms with E-state index in [0.717, 1.165) is 10.6 Å². The van der Waals surface area contributed by atoms with E-state index in [1.165, 1.54) is 11.3 Å². The highest BCUT2D eigenvalue weighted by Gasteiger charge is 2.16. The summed E-state index contributed by atoms with van der Waals surface area (Å²) in [4.78, 5) is 1.08. The highest BCUT2D eigenvalue weighted by molar-refractivity contribution is 7.89. The molecule has 5 nitrogen and oxygen atoms in total. The van der Waals surface area contributed by atoms with E-state index in [0.29, 0.717) is 12.3 Å². The van der Waals surface area contributed by atoms with Crippen molar-refractivity contribution >= 4 is 21.4 Å². The molecular formula is C11H14N2O3S2. The molecule has 2 aromatic heterocycles. The number of nitrogens with one attached hydrogen (secondary N) is 1. The lowest BCUT2D eigenvalue weighted by molar-refractivity contribution is 0.475. The predicted octanol–water partition coefficient (Wildman–Crippen LogP) is 1.59. The van der Waals surface area contributed by atoms with Crippen molar-refractivity contribution in [2.24, 2.45) is 5.73 Å². The molecule has 0 aliphatic carbocycles. The van der Waals surface area contributed by atoms with E-state index in [1.54, 1.807) is 23.6 Å². The van der Waals surface area contributed by atoms with Gasteiger partial charge in [-0.3, -0.25) is 0 Å². The minimum atomic E-state index is -3.49. The third-order valence-electron chi connectivity index (χ3n) is 2.37. The molecule has 2 heterocycles. The monoisotopic (exact) mass is 286 g/mol. The van der Waals surface area contributed by atoms with Crippen molar-refractivity contribution in [2.45, 2.75) is 24.9 Å². The van der Waals surface area contributed by atoms with E-state index < -0.39 is 10.0 Å². The Morgan fingerprint density at radius 3 is 2.78 bits per heavy atom. The van der Waals surface area contributed by atoms with Crippen molar-refractivity contribution in [1.82, 2.24) is 4.72 Å². The third kappa shape index (κ3) is 2.99. The van der Waals surface area contributed by atoms with Crippen LogP contribution in [0.2, 0.25) is 0 Å². The molecule has 3 N–H and O–H groups in total. The molecular weight excluding hydrogens is 272 g/mol. The quantitative estimate of drug-likeness (QED) is 0.874. The van der Waals surface area contributed by atoms with Crippen molar-refractivity contribution in [1.29, 1.82) is 0 Å². The molecule has 0 saturated carbocycles. The molecule has 18 heavy (non-hydrogen) atoms. The minimum Gasteiger partial charge on any atom is -0.465 e. The molecule has 2 aromatic rings. The second kappa shape index (κ2) is 5.23. The summed E-state index contributed by atoms with van der Waals surface area (Å²) in [5, 5.41) is 1.58. The first-order valence-corrected chi connectivity index (χ1v) is 7.70. The van der Waals surface area contributed by atoms with Crippen LogP contribution in [0.1, 0.15) is 16.4 Å². The topological polar surface area (TPSA) is 85.3 Å². The van der Waals surface area contributed by atoms with Crippen molar-refractivity contribution in [3.8, 4) is 0 Å². The molecule has 0 amide bonds. The van der Waals surface area contributed by atoms with Crippen LogP contribution >= 0.6 is 11.3 Å². The summed E-state index contributed by atoms with van der Waals surface area (Å²) < 4.78 is 31.7. The lowest BCUT2D eigenvalue weighted by Gasteiger charge is -2.02. The van der Waals surface area contributed by atoms with E-state index >= 15 is 0 Å². The summed E-state index contributed by atoms with van der Waals surface area (Å²) in [5.74, 6) is 1.34. The average Bonchev–Trinajstić information content (AvgIpc) is 2.95. The average molecular weight is 286 g/mol. The molecule has 0 bridgehead atoms. The molecule has 7 heteroatoms. The molecule has 0 aliphatic rings. The minimum absolute atomic E-state index is 0.143. The van der Waals surface area contributed by atoms with Gasteiger partial charge in [-0.1, -0.05) is 0 Å². The van der Waals surface area contributed by atoms with Crippen LogP contribution in [0.15, 0.2) is 32.9 Å². The summed E-state index contributed by atoms with van der Waals surface area (Å²) in [6.45, 7) is 2.30. The zero-order chi connectivity index (χ0) is 13.2. The fraction of sp³-hybridized carbons (Fsp3) is 0.273. The summed E-state index contributed by atoms with van der Waals surface area (Å²) in [5.41, 5.74) is 5.45. The maximum Gasteiger partial charge on any atom is 0.241 e. The van der Waals surface area contributed by atoms with Crippen LogP contribution in [-0.4, -0.2) is 8.42 Å². The van der Waals surface area contributed by atoms with Crippen LogP contribution in [-0.2, 0) is 23.1 Å². The first-order chi connectivity index (χ1) is 8.51. The van der Waals surface area contributed by atoms with Gasteiger partial charge in [0.1, 0.15) is 11.5 Å². The van der Waals surface area contributed by atoms with E-state index in [9.17, 15) is 8.42 Å². The molecule has 0 spiro atoms. The van der Waals surface area contributed by atoms with Crippen molar-refractivity contribution < 1.29 is 12.8 Å². The van der Waals surface area contributed by atoms with Gasteiger partial charge in [-0.15, -0.1) is 11.3 Å².